The summed E-state index contributed by atoms with van der Waals surface area (Å²) in [5.41, 5.74) is 0.638. The maximum atomic E-state index is 12.9. The number of carbonyl (C=O) groups is 2. The summed E-state index contributed by atoms with van der Waals surface area (Å²) in [6.45, 7) is 6.45. The number of carbonyl (C=O) groups excluding carboxylic acids is 2. The van der Waals surface area contributed by atoms with Crippen LogP contribution in [0, 0.1) is 5.92 Å². The molecule has 1 aliphatic heterocycles. The van der Waals surface area contributed by atoms with Crippen molar-refractivity contribution in [2.24, 2.45) is 5.92 Å². The fourth-order valence-corrected chi connectivity index (χ4v) is 3.32. The van der Waals surface area contributed by atoms with Gasteiger partial charge in [0, 0.05) is 6.54 Å². The predicted molar refractivity (Wildman–Crippen MR) is 93.1 cm³/mol. The van der Waals surface area contributed by atoms with Crippen LogP contribution in [-0.2, 0) is 9.59 Å². The third-order valence-electron chi connectivity index (χ3n) is 4.67. The molecule has 0 aromatic heterocycles. The minimum Gasteiger partial charge on any atom is -0.494 e. The molecule has 2 aliphatic rings. The molecule has 130 valence electrons. The van der Waals surface area contributed by atoms with Crippen LogP contribution in [0.3, 0.4) is 0 Å². The molecule has 3 rings (SSSR count). The Morgan fingerprint density at radius 1 is 1.17 bits per heavy atom. The first kappa shape index (κ1) is 17.0. The standard InChI is InChI=1S/C19H26N2O3/c1-3-11-20(13-14-5-6-14)17-12-18(22)21(19(17)23)15-7-9-16(10-8-15)24-4-2/h7-10,14,17H,3-6,11-13H2,1-2H3/t17-/m0/s1. The lowest BCUT2D eigenvalue weighted by Crippen LogP contribution is -2.43. The maximum absolute atomic E-state index is 12.9. The molecule has 0 radical (unpaired) electrons. The Morgan fingerprint density at radius 2 is 1.88 bits per heavy atom. The van der Waals surface area contributed by atoms with Crippen LogP contribution in [0.5, 0.6) is 5.75 Å². The third kappa shape index (κ3) is 3.61. The Bertz CT molecular complexity index is 595. The van der Waals surface area contributed by atoms with Crippen molar-refractivity contribution in [3.05, 3.63) is 24.3 Å². The number of ether oxygens (including phenoxy) is 1. The first-order chi connectivity index (χ1) is 11.6. The van der Waals surface area contributed by atoms with Crippen LogP contribution in [-0.4, -0.2) is 42.5 Å². The zero-order chi connectivity index (χ0) is 17.1. The summed E-state index contributed by atoms with van der Waals surface area (Å²) in [6.07, 6.45) is 3.78. The molecule has 2 amide bonds. The molecule has 0 bridgehead atoms. The molecule has 0 spiro atoms. The predicted octanol–water partition coefficient (Wildman–Crippen LogP) is 2.84. The average Bonchev–Trinajstić information content (AvgIpc) is 3.33. The van der Waals surface area contributed by atoms with Crippen molar-refractivity contribution in [2.75, 3.05) is 24.6 Å². The summed E-state index contributed by atoms with van der Waals surface area (Å²) in [4.78, 5) is 28.9. The minimum absolute atomic E-state index is 0.0849. The first-order valence-corrected chi connectivity index (χ1v) is 8.97. The number of benzene rings is 1. The van der Waals surface area contributed by atoms with Crippen molar-refractivity contribution >= 4 is 17.5 Å². The molecular weight excluding hydrogens is 304 g/mol. The van der Waals surface area contributed by atoms with E-state index in [9.17, 15) is 9.59 Å². The number of hydrogen-bond acceptors (Lipinski definition) is 4. The van der Waals surface area contributed by atoms with Gasteiger partial charge in [-0.3, -0.25) is 14.5 Å². The number of hydrogen-bond donors (Lipinski definition) is 0. The molecule has 0 N–H and O–H groups in total. The van der Waals surface area contributed by atoms with E-state index in [2.05, 4.69) is 11.8 Å². The van der Waals surface area contributed by atoms with Gasteiger partial charge in [0.1, 0.15) is 5.75 Å². The number of anilines is 1. The number of imide groups is 1. The zero-order valence-electron chi connectivity index (χ0n) is 14.5. The van der Waals surface area contributed by atoms with Crippen molar-refractivity contribution in [3.63, 3.8) is 0 Å². The van der Waals surface area contributed by atoms with E-state index in [0.29, 0.717) is 24.6 Å². The Morgan fingerprint density at radius 3 is 2.46 bits per heavy atom. The quantitative estimate of drug-likeness (QED) is 0.688. The summed E-state index contributed by atoms with van der Waals surface area (Å²) in [5.74, 6) is 1.27. The van der Waals surface area contributed by atoms with Crippen molar-refractivity contribution in [1.82, 2.24) is 4.90 Å². The summed E-state index contributed by atoms with van der Waals surface area (Å²) in [7, 11) is 0. The SMILES string of the molecule is CCCN(CC1CC1)[C@H]1CC(=O)N(c2ccc(OCC)cc2)C1=O. The smallest absolute Gasteiger partial charge is 0.251 e. The van der Waals surface area contributed by atoms with Crippen LogP contribution in [0.1, 0.15) is 39.5 Å². The summed E-state index contributed by atoms with van der Waals surface area (Å²) in [5, 5.41) is 0. The molecule has 1 aromatic carbocycles. The zero-order valence-corrected chi connectivity index (χ0v) is 14.5. The molecule has 1 aliphatic carbocycles. The molecule has 24 heavy (non-hydrogen) atoms. The number of nitrogens with zero attached hydrogens (tertiary/aromatic N) is 2. The van der Waals surface area contributed by atoms with E-state index in [1.165, 1.54) is 17.7 Å². The van der Waals surface area contributed by atoms with E-state index in [-0.39, 0.29) is 17.9 Å². The van der Waals surface area contributed by atoms with Gasteiger partial charge in [-0.25, -0.2) is 4.90 Å². The van der Waals surface area contributed by atoms with Crippen molar-refractivity contribution in [3.8, 4) is 5.75 Å². The molecule has 1 atom stereocenters. The average molecular weight is 330 g/mol. The maximum Gasteiger partial charge on any atom is 0.251 e. The van der Waals surface area contributed by atoms with Crippen molar-refractivity contribution in [1.29, 1.82) is 0 Å². The van der Waals surface area contributed by atoms with Gasteiger partial charge in [0.15, 0.2) is 0 Å². The normalized spacial score (nSPS) is 21.0. The van der Waals surface area contributed by atoms with Gasteiger partial charge in [-0.15, -0.1) is 0 Å². The lowest BCUT2D eigenvalue weighted by atomic mass is 10.2. The van der Waals surface area contributed by atoms with Gasteiger partial charge in [0.05, 0.1) is 24.8 Å². The van der Waals surface area contributed by atoms with E-state index >= 15 is 0 Å². The molecule has 1 aromatic rings. The molecular formula is C19H26N2O3. The van der Waals surface area contributed by atoms with Gasteiger partial charge in [0.25, 0.3) is 5.91 Å². The molecule has 0 unspecified atom stereocenters. The second kappa shape index (κ2) is 7.34. The molecule has 2 fully saturated rings. The Balaban J connectivity index is 1.74. The second-order valence-corrected chi connectivity index (χ2v) is 6.65. The van der Waals surface area contributed by atoms with E-state index in [0.717, 1.165) is 25.3 Å². The molecule has 1 saturated heterocycles. The molecule has 1 heterocycles. The lowest BCUT2D eigenvalue weighted by Gasteiger charge is -2.26. The summed E-state index contributed by atoms with van der Waals surface area (Å²) in [6, 6.07) is 6.88. The fourth-order valence-electron chi connectivity index (χ4n) is 3.32. The molecule has 5 heteroatoms. The lowest BCUT2D eigenvalue weighted by molar-refractivity contribution is -0.123. The largest absolute Gasteiger partial charge is 0.494 e. The monoisotopic (exact) mass is 330 g/mol. The highest BCUT2D eigenvalue weighted by Crippen LogP contribution is 2.33. The third-order valence-corrected chi connectivity index (χ3v) is 4.67. The topological polar surface area (TPSA) is 49.9 Å². The fraction of sp³-hybridized carbons (Fsp3) is 0.579. The van der Waals surface area contributed by atoms with E-state index in [1.54, 1.807) is 24.3 Å². The Labute approximate surface area is 143 Å². The van der Waals surface area contributed by atoms with Crippen molar-refractivity contribution in [2.45, 2.75) is 45.6 Å². The first-order valence-electron chi connectivity index (χ1n) is 8.97. The number of rotatable bonds is 8. The van der Waals surface area contributed by atoms with E-state index < -0.39 is 0 Å². The van der Waals surface area contributed by atoms with Gasteiger partial charge in [0.2, 0.25) is 5.91 Å². The van der Waals surface area contributed by atoms with Crippen LogP contribution in [0.2, 0.25) is 0 Å². The Kier molecular flexibility index (Phi) is 5.19. The van der Waals surface area contributed by atoms with Gasteiger partial charge >= 0.3 is 0 Å². The molecule has 5 nitrogen and oxygen atoms in total. The van der Waals surface area contributed by atoms with Crippen LogP contribution in [0.15, 0.2) is 24.3 Å². The highest BCUT2D eigenvalue weighted by Gasteiger charge is 2.43. The van der Waals surface area contributed by atoms with Gasteiger partial charge in [-0.05, 0) is 62.9 Å². The van der Waals surface area contributed by atoms with Gasteiger partial charge < -0.3 is 4.74 Å². The van der Waals surface area contributed by atoms with E-state index in [4.69, 9.17) is 4.74 Å². The van der Waals surface area contributed by atoms with Gasteiger partial charge in [-0.2, -0.15) is 0 Å². The molecule has 1 saturated carbocycles. The minimum atomic E-state index is -0.301. The van der Waals surface area contributed by atoms with Crippen LogP contribution in [0.25, 0.3) is 0 Å². The van der Waals surface area contributed by atoms with Crippen molar-refractivity contribution < 1.29 is 14.3 Å². The Hall–Kier alpha value is -1.88. The number of amides is 2. The van der Waals surface area contributed by atoms with Gasteiger partial charge in [-0.1, -0.05) is 6.92 Å². The van der Waals surface area contributed by atoms with E-state index in [1.807, 2.05) is 6.92 Å². The van der Waals surface area contributed by atoms with Crippen LogP contribution < -0.4 is 9.64 Å². The summed E-state index contributed by atoms with van der Waals surface area (Å²) < 4.78 is 5.42. The van der Waals surface area contributed by atoms with Crippen LogP contribution >= 0.6 is 0 Å². The summed E-state index contributed by atoms with van der Waals surface area (Å²) >= 11 is 0. The van der Waals surface area contributed by atoms with Crippen LogP contribution in [0.4, 0.5) is 5.69 Å². The highest BCUT2D eigenvalue weighted by molar-refractivity contribution is 6.22. The highest BCUT2D eigenvalue weighted by atomic mass is 16.5. The second-order valence-electron chi connectivity index (χ2n) is 6.65.